The molecule has 1 aromatic carbocycles. The van der Waals surface area contributed by atoms with Crippen LogP contribution in [-0.2, 0) is 0 Å². The molecule has 1 amide bonds. The number of carboxylic acids is 1. The second-order valence-electron chi connectivity index (χ2n) is 4.60. The molecule has 110 valence electrons. The molecule has 0 unspecified atom stereocenters. The van der Waals surface area contributed by atoms with Crippen LogP contribution in [0.3, 0.4) is 0 Å². The quantitative estimate of drug-likeness (QED) is 0.772. The number of imidazole rings is 1. The van der Waals surface area contributed by atoms with E-state index in [-0.39, 0.29) is 22.6 Å². The van der Waals surface area contributed by atoms with Gasteiger partial charge in [-0.05, 0) is 24.3 Å². The van der Waals surface area contributed by atoms with Crippen LogP contribution < -0.4 is 5.73 Å². The Morgan fingerprint density at radius 2 is 2.00 bits per heavy atom. The van der Waals surface area contributed by atoms with Gasteiger partial charge in [0, 0.05) is 11.8 Å². The van der Waals surface area contributed by atoms with Crippen LogP contribution in [0.25, 0.3) is 16.9 Å². The first-order valence-corrected chi connectivity index (χ1v) is 6.29. The highest BCUT2D eigenvalue weighted by atomic mass is 19.1. The lowest BCUT2D eigenvalue weighted by atomic mass is 10.1. The number of carbonyl (C=O) groups excluding carboxylic acids is 1. The number of aromatic carboxylic acids is 1. The number of aromatic nitrogens is 2. The molecule has 2 aromatic heterocycles. The maximum Gasteiger partial charge on any atom is 0.356 e. The van der Waals surface area contributed by atoms with Gasteiger partial charge in [0.05, 0.1) is 11.3 Å². The lowest BCUT2D eigenvalue weighted by Crippen LogP contribution is -2.12. The first-order chi connectivity index (χ1) is 10.5. The molecule has 0 aliphatic heterocycles. The Kier molecular flexibility index (Phi) is 3.10. The third kappa shape index (κ3) is 2.08. The number of primary amides is 1. The summed E-state index contributed by atoms with van der Waals surface area (Å²) < 4.78 is 14.9. The van der Waals surface area contributed by atoms with Gasteiger partial charge < -0.3 is 10.8 Å². The van der Waals surface area contributed by atoms with Crippen molar-refractivity contribution in [2.24, 2.45) is 5.73 Å². The predicted octanol–water partition coefficient (Wildman–Crippen LogP) is 1.94. The molecule has 0 radical (unpaired) electrons. The lowest BCUT2D eigenvalue weighted by molar-refractivity contribution is 0.0691. The summed E-state index contributed by atoms with van der Waals surface area (Å²) in [5.41, 5.74) is 5.73. The van der Waals surface area contributed by atoms with Gasteiger partial charge in [0.15, 0.2) is 11.3 Å². The molecule has 0 saturated heterocycles. The van der Waals surface area contributed by atoms with Gasteiger partial charge >= 0.3 is 5.97 Å². The Bertz CT molecular complexity index is 918. The topological polar surface area (TPSA) is 97.7 Å². The van der Waals surface area contributed by atoms with Crippen molar-refractivity contribution >= 4 is 17.5 Å². The largest absolute Gasteiger partial charge is 0.476 e. The van der Waals surface area contributed by atoms with Crippen molar-refractivity contribution in [2.45, 2.75) is 0 Å². The van der Waals surface area contributed by atoms with Gasteiger partial charge in [-0.2, -0.15) is 0 Å². The van der Waals surface area contributed by atoms with E-state index < -0.39 is 17.7 Å². The van der Waals surface area contributed by atoms with Gasteiger partial charge in [0.25, 0.3) is 5.91 Å². The predicted molar refractivity (Wildman–Crippen MR) is 76.1 cm³/mol. The lowest BCUT2D eigenvalue weighted by Gasteiger charge is -2.04. The minimum Gasteiger partial charge on any atom is -0.476 e. The number of carbonyl (C=O) groups is 2. The Morgan fingerprint density at radius 3 is 2.64 bits per heavy atom. The SMILES string of the molecule is NC(=O)c1cccn2c(-c3cccc(F)c3)c(C(=O)O)nc12. The number of carboxylic acid groups (broad SMARTS) is 1. The van der Waals surface area contributed by atoms with Gasteiger partial charge in [0.1, 0.15) is 5.82 Å². The minimum atomic E-state index is -1.28. The average molecular weight is 299 g/mol. The number of halogens is 1. The van der Waals surface area contributed by atoms with Crippen LogP contribution in [0.15, 0.2) is 42.6 Å². The second-order valence-corrected chi connectivity index (χ2v) is 4.60. The fourth-order valence-electron chi connectivity index (χ4n) is 2.32. The molecule has 0 fully saturated rings. The first kappa shape index (κ1) is 13.7. The number of amides is 1. The van der Waals surface area contributed by atoms with E-state index in [2.05, 4.69) is 4.98 Å². The number of nitrogens with two attached hydrogens (primary N) is 1. The van der Waals surface area contributed by atoms with E-state index in [4.69, 9.17) is 5.73 Å². The van der Waals surface area contributed by atoms with Crippen LogP contribution in [0.5, 0.6) is 0 Å². The number of rotatable bonds is 3. The van der Waals surface area contributed by atoms with E-state index in [0.29, 0.717) is 5.56 Å². The van der Waals surface area contributed by atoms with Gasteiger partial charge in [-0.25, -0.2) is 14.2 Å². The molecule has 2 heterocycles. The zero-order chi connectivity index (χ0) is 15.9. The summed E-state index contributed by atoms with van der Waals surface area (Å²) in [6, 6.07) is 8.48. The Labute approximate surface area is 123 Å². The Balaban J connectivity index is 2.42. The van der Waals surface area contributed by atoms with E-state index in [9.17, 15) is 19.1 Å². The molecule has 6 nitrogen and oxygen atoms in total. The van der Waals surface area contributed by atoms with Crippen LogP contribution >= 0.6 is 0 Å². The molecule has 0 spiro atoms. The molecule has 3 aromatic rings. The van der Waals surface area contributed by atoms with E-state index in [1.54, 1.807) is 18.3 Å². The van der Waals surface area contributed by atoms with Crippen LogP contribution in [0, 0.1) is 5.82 Å². The zero-order valence-corrected chi connectivity index (χ0v) is 11.2. The van der Waals surface area contributed by atoms with Gasteiger partial charge in [-0.15, -0.1) is 0 Å². The van der Waals surface area contributed by atoms with Crippen molar-refractivity contribution in [2.75, 3.05) is 0 Å². The molecule has 0 aliphatic carbocycles. The zero-order valence-electron chi connectivity index (χ0n) is 11.2. The maximum absolute atomic E-state index is 13.4. The number of hydrogen-bond acceptors (Lipinski definition) is 3. The molecule has 7 heteroatoms. The molecule has 22 heavy (non-hydrogen) atoms. The number of pyridine rings is 1. The smallest absolute Gasteiger partial charge is 0.356 e. The second kappa shape index (κ2) is 4.96. The normalized spacial score (nSPS) is 10.8. The van der Waals surface area contributed by atoms with Gasteiger partial charge in [-0.1, -0.05) is 12.1 Å². The van der Waals surface area contributed by atoms with E-state index >= 15 is 0 Å². The van der Waals surface area contributed by atoms with Crippen LogP contribution in [0.2, 0.25) is 0 Å². The number of fused-ring (bicyclic) bond motifs is 1. The van der Waals surface area contributed by atoms with Crippen molar-refractivity contribution in [3.8, 4) is 11.3 Å². The summed E-state index contributed by atoms with van der Waals surface area (Å²) in [4.78, 5) is 26.9. The third-order valence-electron chi connectivity index (χ3n) is 3.22. The van der Waals surface area contributed by atoms with Crippen LogP contribution in [-0.4, -0.2) is 26.4 Å². The summed E-state index contributed by atoms with van der Waals surface area (Å²) >= 11 is 0. The molecule has 0 atom stereocenters. The van der Waals surface area contributed by atoms with Crippen molar-refractivity contribution in [3.05, 3.63) is 59.7 Å². The molecular formula is C15H10FN3O3. The highest BCUT2D eigenvalue weighted by Gasteiger charge is 2.22. The molecule has 0 bridgehead atoms. The monoisotopic (exact) mass is 299 g/mol. The van der Waals surface area contributed by atoms with E-state index in [1.807, 2.05) is 0 Å². The van der Waals surface area contributed by atoms with E-state index in [0.717, 1.165) is 0 Å². The fourth-order valence-corrected chi connectivity index (χ4v) is 2.32. The summed E-state index contributed by atoms with van der Waals surface area (Å²) in [6.07, 6.45) is 1.54. The summed E-state index contributed by atoms with van der Waals surface area (Å²) in [7, 11) is 0. The van der Waals surface area contributed by atoms with Crippen molar-refractivity contribution in [1.82, 2.24) is 9.38 Å². The number of hydrogen-bond donors (Lipinski definition) is 2. The Hall–Kier alpha value is -3.22. The van der Waals surface area contributed by atoms with Crippen LogP contribution in [0.4, 0.5) is 4.39 Å². The highest BCUT2D eigenvalue weighted by molar-refractivity contribution is 6.01. The summed E-state index contributed by atoms with van der Waals surface area (Å²) in [5, 5.41) is 9.34. The molecule has 0 saturated carbocycles. The van der Waals surface area contributed by atoms with Gasteiger partial charge in [0.2, 0.25) is 0 Å². The number of nitrogens with zero attached hydrogens (tertiary/aromatic N) is 2. The molecule has 3 N–H and O–H groups in total. The highest BCUT2D eigenvalue weighted by Crippen LogP contribution is 2.27. The van der Waals surface area contributed by atoms with Crippen LogP contribution in [0.1, 0.15) is 20.8 Å². The standard InChI is InChI=1S/C15H10FN3O3/c16-9-4-1-3-8(7-9)12-11(15(21)22)18-14-10(13(17)20)5-2-6-19(12)14/h1-7H,(H2,17,20)(H,21,22). The van der Waals surface area contributed by atoms with Crippen molar-refractivity contribution in [1.29, 1.82) is 0 Å². The number of benzene rings is 1. The molecular weight excluding hydrogens is 289 g/mol. The van der Waals surface area contributed by atoms with Crippen molar-refractivity contribution in [3.63, 3.8) is 0 Å². The third-order valence-corrected chi connectivity index (χ3v) is 3.22. The first-order valence-electron chi connectivity index (χ1n) is 6.29. The average Bonchev–Trinajstić information content (AvgIpc) is 2.86. The molecule has 0 aliphatic rings. The molecule has 3 rings (SSSR count). The Morgan fingerprint density at radius 1 is 1.23 bits per heavy atom. The summed E-state index contributed by atoms with van der Waals surface area (Å²) in [6.45, 7) is 0. The van der Waals surface area contributed by atoms with Gasteiger partial charge in [-0.3, -0.25) is 9.20 Å². The maximum atomic E-state index is 13.4. The van der Waals surface area contributed by atoms with Crippen molar-refractivity contribution < 1.29 is 19.1 Å². The fraction of sp³-hybridized carbons (Fsp3) is 0. The summed E-state index contributed by atoms with van der Waals surface area (Å²) in [5.74, 6) is -2.51. The minimum absolute atomic E-state index is 0.0904. The van der Waals surface area contributed by atoms with E-state index in [1.165, 1.54) is 28.7 Å².